The Morgan fingerprint density at radius 1 is 0.917 bits per heavy atom. The van der Waals surface area contributed by atoms with Crippen molar-refractivity contribution in [3.05, 3.63) is 71.3 Å². The van der Waals surface area contributed by atoms with Gasteiger partial charge in [0, 0.05) is 0 Å². The average molecular weight is 322 g/mol. The van der Waals surface area contributed by atoms with Crippen molar-refractivity contribution in [2.75, 3.05) is 0 Å². The van der Waals surface area contributed by atoms with E-state index >= 15 is 0 Å². The molecule has 1 aliphatic rings. The third kappa shape index (κ3) is 4.08. The average Bonchev–Trinajstić information content (AvgIpc) is 2.64. The first-order valence-corrected chi connectivity index (χ1v) is 9.58. The van der Waals surface area contributed by atoms with Gasteiger partial charge in [-0.2, -0.15) is 0 Å². The highest BCUT2D eigenvalue weighted by atomic mass is 16.3. The van der Waals surface area contributed by atoms with Crippen LogP contribution in [0.1, 0.15) is 74.5 Å². The standard InChI is InChI=1S/C23H30O/c1-2-3-5-8-19-11-13-22(14-12-19)23(24)17-15-21(16-18-23)20-9-6-4-7-10-20/h4,6-7,9-14,21,24H,2-3,5,8,15-18H2,1H3/t21-,23-. The Morgan fingerprint density at radius 2 is 1.58 bits per heavy atom. The van der Waals surface area contributed by atoms with E-state index in [1.165, 1.54) is 30.4 Å². The molecule has 3 rings (SSSR count). The highest BCUT2D eigenvalue weighted by molar-refractivity contribution is 5.29. The zero-order chi connectivity index (χ0) is 16.8. The smallest absolute Gasteiger partial charge is 0.0897 e. The SMILES string of the molecule is CCCCCc1ccc([C@]2(O)CC[C@H](c3ccccc3)CC2)cc1. The van der Waals surface area contributed by atoms with E-state index in [9.17, 15) is 5.11 Å². The lowest BCUT2D eigenvalue weighted by molar-refractivity contribution is -0.00567. The van der Waals surface area contributed by atoms with Crippen molar-refractivity contribution in [2.24, 2.45) is 0 Å². The largest absolute Gasteiger partial charge is 0.385 e. The molecule has 1 saturated carbocycles. The fourth-order valence-corrected chi connectivity index (χ4v) is 4.00. The summed E-state index contributed by atoms with van der Waals surface area (Å²) in [6.45, 7) is 2.24. The minimum absolute atomic E-state index is 0.597. The van der Waals surface area contributed by atoms with Crippen molar-refractivity contribution in [3.8, 4) is 0 Å². The van der Waals surface area contributed by atoms with Crippen molar-refractivity contribution in [1.29, 1.82) is 0 Å². The maximum absolute atomic E-state index is 11.1. The van der Waals surface area contributed by atoms with Gasteiger partial charge in [0.2, 0.25) is 0 Å². The second kappa shape index (κ2) is 7.98. The summed E-state index contributed by atoms with van der Waals surface area (Å²) in [5.41, 5.74) is 3.29. The van der Waals surface area contributed by atoms with E-state index in [0.717, 1.165) is 37.7 Å². The Morgan fingerprint density at radius 3 is 2.21 bits per heavy atom. The van der Waals surface area contributed by atoms with Crippen molar-refractivity contribution in [1.82, 2.24) is 0 Å². The van der Waals surface area contributed by atoms with Crippen molar-refractivity contribution in [3.63, 3.8) is 0 Å². The molecule has 1 N–H and O–H groups in total. The Bertz CT molecular complexity index is 606. The fourth-order valence-electron chi connectivity index (χ4n) is 4.00. The molecule has 0 bridgehead atoms. The molecule has 0 aliphatic heterocycles. The number of unbranched alkanes of at least 4 members (excludes halogenated alkanes) is 2. The Labute approximate surface area is 146 Å². The lowest BCUT2D eigenvalue weighted by atomic mass is 9.73. The van der Waals surface area contributed by atoms with Crippen LogP contribution in [0.2, 0.25) is 0 Å². The van der Waals surface area contributed by atoms with Crippen LogP contribution in [-0.2, 0) is 12.0 Å². The molecule has 0 radical (unpaired) electrons. The summed E-state index contributed by atoms with van der Waals surface area (Å²) in [4.78, 5) is 0. The molecular formula is C23H30O. The molecular weight excluding hydrogens is 292 g/mol. The quantitative estimate of drug-likeness (QED) is 0.650. The van der Waals surface area contributed by atoms with Gasteiger partial charge >= 0.3 is 0 Å². The maximum atomic E-state index is 11.1. The summed E-state index contributed by atoms with van der Waals surface area (Å²) in [6, 6.07) is 19.5. The zero-order valence-electron chi connectivity index (χ0n) is 14.9. The molecule has 0 atom stereocenters. The molecule has 0 amide bonds. The molecule has 0 unspecified atom stereocenters. The van der Waals surface area contributed by atoms with Crippen LogP contribution in [0.4, 0.5) is 0 Å². The minimum atomic E-state index is -0.632. The molecule has 1 fully saturated rings. The van der Waals surface area contributed by atoms with Gasteiger partial charge in [-0.05, 0) is 61.1 Å². The number of hydrogen-bond donors (Lipinski definition) is 1. The molecule has 128 valence electrons. The summed E-state index contributed by atoms with van der Waals surface area (Å²) < 4.78 is 0. The highest BCUT2D eigenvalue weighted by Crippen LogP contribution is 2.43. The topological polar surface area (TPSA) is 20.2 Å². The van der Waals surface area contributed by atoms with E-state index in [4.69, 9.17) is 0 Å². The van der Waals surface area contributed by atoms with Crippen molar-refractivity contribution >= 4 is 0 Å². The molecule has 0 heterocycles. The van der Waals surface area contributed by atoms with E-state index in [1.807, 2.05) is 0 Å². The van der Waals surface area contributed by atoms with Gasteiger partial charge in [0.25, 0.3) is 0 Å². The van der Waals surface area contributed by atoms with Crippen LogP contribution in [0.3, 0.4) is 0 Å². The summed E-state index contributed by atoms with van der Waals surface area (Å²) in [5, 5.41) is 11.1. The van der Waals surface area contributed by atoms with Gasteiger partial charge in [-0.3, -0.25) is 0 Å². The predicted octanol–water partition coefficient (Wildman–Crippen LogP) is 5.96. The van der Waals surface area contributed by atoms with Gasteiger partial charge in [-0.15, -0.1) is 0 Å². The zero-order valence-corrected chi connectivity index (χ0v) is 14.9. The van der Waals surface area contributed by atoms with Gasteiger partial charge in [-0.1, -0.05) is 74.4 Å². The van der Waals surface area contributed by atoms with Crippen LogP contribution in [0.25, 0.3) is 0 Å². The third-order valence-corrected chi connectivity index (χ3v) is 5.64. The molecule has 1 aliphatic carbocycles. The molecule has 0 spiro atoms. The molecule has 2 aromatic carbocycles. The number of benzene rings is 2. The molecule has 2 aromatic rings. The Hall–Kier alpha value is -1.60. The second-order valence-corrected chi connectivity index (χ2v) is 7.37. The van der Waals surface area contributed by atoms with Crippen molar-refractivity contribution < 1.29 is 5.11 Å². The number of aliphatic hydroxyl groups is 1. The monoisotopic (exact) mass is 322 g/mol. The first kappa shape index (κ1) is 17.2. The van der Waals surface area contributed by atoms with Gasteiger partial charge < -0.3 is 5.11 Å². The van der Waals surface area contributed by atoms with E-state index in [2.05, 4.69) is 61.5 Å². The molecule has 1 nitrogen and oxygen atoms in total. The first-order valence-electron chi connectivity index (χ1n) is 9.58. The van der Waals surface area contributed by atoms with Crippen LogP contribution in [0.5, 0.6) is 0 Å². The second-order valence-electron chi connectivity index (χ2n) is 7.37. The fraction of sp³-hybridized carbons (Fsp3) is 0.478. The maximum Gasteiger partial charge on any atom is 0.0897 e. The normalized spacial score (nSPS) is 24.0. The summed E-state index contributed by atoms with van der Waals surface area (Å²) >= 11 is 0. The third-order valence-electron chi connectivity index (χ3n) is 5.64. The van der Waals surface area contributed by atoms with Gasteiger partial charge in [-0.25, -0.2) is 0 Å². The van der Waals surface area contributed by atoms with Crippen LogP contribution >= 0.6 is 0 Å². The molecule has 0 aromatic heterocycles. The number of hydrogen-bond acceptors (Lipinski definition) is 1. The molecule has 1 heteroatoms. The summed E-state index contributed by atoms with van der Waals surface area (Å²) in [5.74, 6) is 0.597. The first-order chi connectivity index (χ1) is 11.7. The predicted molar refractivity (Wildman–Crippen MR) is 101 cm³/mol. The van der Waals surface area contributed by atoms with Gasteiger partial charge in [0.05, 0.1) is 5.60 Å². The van der Waals surface area contributed by atoms with E-state index in [0.29, 0.717) is 5.92 Å². The summed E-state index contributed by atoms with van der Waals surface area (Å²) in [6.07, 6.45) is 8.84. The lowest BCUT2D eigenvalue weighted by Crippen LogP contribution is -2.30. The van der Waals surface area contributed by atoms with Crippen LogP contribution in [0, 0.1) is 0 Å². The van der Waals surface area contributed by atoms with E-state index in [-0.39, 0.29) is 0 Å². The number of aryl methyl sites for hydroxylation is 1. The van der Waals surface area contributed by atoms with Crippen LogP contribution in [0.15, 0.2) is 54.6 Å². The van der Waals surface area contributed by atoms with Crippen molar-refractivity contribution in [2.45, 2.75) is 69.8 Å². The van der Waals surface area contributed by atoms with Crippen LogP contribution in [-0.4, -0.2) is 5.11 Å². The van der Waals surface area contributed by atoms with Gasteiger partial charge in [0.1, 0.15) is 0 Å². The Kier molecular flexibility index (Phi) is 5.73. The van der Waals surface area contributed by atoms with E-state index in [1.54, 1.807) is 0 Å². The molecule has 24 heavy (non-hydrogen) atoms. The highest BCUT2D eigenvalue weighted by Gasteiger charge is 2.35. The molecule has 0 saturated heterocycles. The van der Waals surface area contributed by atoms with E-state index < -0.39 is 5.60 Å². The minimum Gasteiger partial charge on any atom is -0.385 e. The summed E-state index contributed by atoms with van der Waals surface area (Å²) in [7, 11) is 0. The Balaban J connectivity index is 1.61. The van der Waals surface area contributed by atoms with Crippen LogP contribution < -0.4 is 0 Å². The number of rotatable bonds is 6. The van der Waals surface area contributed by atoms with Gasteiger partial charge in [0.15, 0.2) is 0 Å². The lowest BCUT2D eigenvalue weighted by Gasteiger charge is -2.36.